The summed E-state index contributed by atoms with van der Waals surface area (Å²) in [5, 5.41) is 14.4. The molecule has 1 atom stereocenters. The maximum absolute atomic E-state index is 5.59. The van der Waals surface area contributed by atoms with E-state index in [1.807, 2.05) is 0 Å². The smallest absolute Gasteiger partial charge is 0.134 e. The van der Waals surface area contributed by atoms with Crippen LogP contribution in [0.2, 0.25) is 0 Å². The highest BCUT2D eigenvalue weighted by Crippen LogP contribution is 2.33. The first-order valence-corrected chi connectivity index (χ1v) is 8.21. The molecule has 0 saturated heterocycles. The average molecular weight is 283 g/mol. The van der Waals surface area contributed by atoms with Crippen molar-refractivity contribution in [1.82, 2.24) is 15.5 Å². The maximum Gasteiger partial charge on any atom is 0.134 e. The van der Waals surface area contributed by atoms with E-state index in [-0.39, 0.29) is 0 Å². The van der Waals surface area contributed by atoms with Crippen LogP contribution >= 0.6 is 11.3 Å². The van der Waals surface area contributed by atoms with Gasteiger partial charge in [0.05, 0.1) is 12.1 Å². The van der Waals surface area contributed by atoms with Gasteiger partial charge in [-0.2, -0.15) is 0 Å². The topological polar surface area (TPSA) is 47.0 Å². The molecule has 5 heteroatoms. The van der Waals surface area contributed by atoms with E-state index in [4.69, 9.17) is 4.74 Å². The maximum atomic E-state index is 5.59. The molecule has 1 saturated carbocycles. The van der Waals surface area contributed by atoms with Crippen LogP contribution in [0.3, 0.4) is 0 Å². The molecule has 2 rings (SSSR count). The first-order chi connectivity index (χ1) is 9.22. The van der Waals surface area contributed by atoms with E-state index in [1.165, 1.54) is 17.8 Å². The van der Waals surface area contributed by atoms with Gasteiger partial charge in [0.1, 0.15) is 10.0 Å². The first kappa shape index (κ1) is 14.9. The molecule has 0 bridgehead atoms. The molecule has 1 unspecified atom stereocenters. The Balaban J connectivity index is 1.75. The molecule has 4 nitrogen and oxygen atoms in total. The molecule has 0 spiro atoms. The number of hydrogen-bond acceptors (Lipinski definition) is 5. The van der Waals surface area contributed by atoms with Crippen molar-refractivity contribution in [2.24, 2.45) is 5.92 Å². The summed E-state index contributed by atoms with van der Waals surface area (Å²) in [6.07, 6.45) is 5.09. The summed E-state index contributed by atoms with van der Waals surface area (Å²) in [5.41, 5.74) is 0. The second-order valence-electron chi connectivity index (χ2n) is 5.33. The minimum absolute atomic E-state index is 0.323. The lowest BCUT2D eigenvalue weighted by Crippen LogP contribution is -2.32. The quantitative estimate of drug-likeness (QED) is 0.797. The highest BCUT2D eigenvalue weighted by atomic mass is 32.1. The fourth-order valence-corrected chi connectivity index (χ4v) is 3.42. The normalized spacial score (nSPS) is 24.2. The third-order valence-electron chi connectivity index (χ3n) is 3.61. The Morgan fingerprint density at radius 3 is 2.84 bits per heavy atom. The summed E-state index contributed by atoms with van der Waals surface area (Å²) >= 11 is 1.76. The minimum Gasteiger partial charge on any atom is -0.378 e. The van der Waals surface area contributed by atoms with Gasteiger partial charge >= 0.3 is 0 Å². The van der Waals surface area contributed by atoms with Crippen molar-refractivity contribution < 1.29 is 4.74 Å². The molecule has 108 valence electrons. The van der Waals surface area contributed by atoms with Gasteiger partial charge < -0.3 is 10.1 Å². The van der Waals surface area contributed by atoms with Gasteiger partial charge in [-0.25, -0.2) is 0 Å². The molecule has 19 heavy (non-hydrogen) atoms. The Kier molecular flexibility index (Phi) is 5.73. The summed E-state index contributed by atoms with van der Waals surface area (Å²) in [6, 6.07) is 0.323. The molecule has 1 N–H and O–H groups in total. The highest BCUT2D eigenvalue weighted by Gasteiger charge is 2.30. The number of aromatic nitrogens is 2. The van der Waals surface area contributed by atoms with Crippen LogP contribution in [0.25, 0.3) is 0 Å². The van der Waals surface area contributed by atoms with Crippen molar-refractivity contribution in [3.8, 4) is 0 Å². The van der Waals surface area contributed by atoms with Crippen LogP contribution in [0.15, 0.2) is 0 Å². The summed E-state index contributed by atoms with van der Waals surface area (Å²) in [7, 11) is 0. The fraction of sp³-hybridized carbons (Fsp3) is 0.857. The van der Waals surface area contributed by atoms with E-state index in [1.54, 1.807) is 11.3 Å². The van der Waals surface area contributed by atoms with Crippen molar-refractivity contribution >= 4 is 11.3 Å². The number of nitrogens with one attached hydrogen (secondary N) is 1. The molecule has 0 aromatic carbocycles. The number of ether oxygens (including phenoxy) is 1. The average Bonchev–Trinajstić information content (AvgIpc) is 2.82. The van der Waals surface area contributed by atoms with Crippen LogP contribution in [0.4, 0.5) is 0 Å². The third-order valence-corrected chi connectivity index (χ3v) is 4.74. The summed E-state index contributed by atoms with van der Waals surface area (Å²) in [5.74, 6) is 0.747. The molecule has 0 aliphatic heterocycles. The standard InChI is InChI=1S/C14H25N3OS/c1-4-6-15-10(3)14-17-16-13(19-14)9-11-7-12(8-11)18-5-2/h10-12,15H,4-9H2,1-3H3. The zero-order valence-corrected chi connectivity index (χ0v) is 13.0. The summed E-state index contributed by atoms with van der Waals surface area (Å²) < 4.78 is 5.59. The van der Waals surface area contributed by atoms with Gasteiger partial charge in [0.25, 0.3) is 0 Å². The molecule has 1 heterocycles. The Morgan fingerprint density at radius 1 is 1.37 bits per heavy atom. The zero-order valence-electron chi connectivity index (χ0n) is 12.2. The van der Waals surface area contributed by atoms with Crippen LogP contribution in [-0.4, -0.2) is 29.5 Å². The monoisotopic (exact) mass is 283 g/mol. The van der Waals surface area contributed by atoms with E-state index >= 15 is 0 Å². The van der Waals surface area contributed by atoms with Gasteiger partial charge in [-0.15, -0.1) is 10.2 Å². The molecule has 0 radical (unpaired) electrons. The molecule has 1 fully saturated rings. The number of hydrogen-bond donors (Lipinski definition) is 1. The number of rotatable bonds is 8. The van der Waals surface area contributed by atoms with Crippen molar-refractivity contribution in [2.75, 3.05) is 13.2 Å². The van der Waals surface area contributed by atoms with Crippen LogP contribution in [0.1, 0.15) is 56.1 Å². The lowest BCUT2D eigenvalue weighted by Gasteiger charge is -2.34. The largest absolute Gasteiger partial charge is 0.378 e. The van der Waals surface area contributed by atoms with Crippen LogP contribution in [0, 0.1) is 5.92 Å². The van der Waals surface area contributed by atoms with Crippen LogP contribution < -0.4 is 5.32 Å². The van der Waals surface area contributed by atoms with Gasteiger partial charge in [0.15, 0.2) is 0 Å². The molecule has 0 amide bonds. The Morgan fingerprint density at radius 2 is 2.16 bits per heavy atom. The van der Waals surface area contributed by atoms with Crippen molar-refractivity contribution in [2.45, 2.75) is 58.6 Å². The molecule has 1 aromatic heterocycles. The molecule has 1 aliphatic rings. The Hall–Kier alpha value is -0.520. The predicted molar refractivity (Wildman–Crippen MR) is 78.5 cm³/mol. The van der Waals surface area contributed by atoms with Crippen molar-refractivity contribution in [1.29, 1.82) is 0 Å². The predicted octanol–water partition coefficient (Wildman–Crippen LogP) is 2.96. The van der Waals surface area contributed by atoms with Gasteiger partial charge in [-0.3, -0.25) is 0 Å². The second-order valence-corrected chi connectivity index (χ2v) is 6.42. The molecule has 1 aliphatic carbocycles. The van der Waals surface area contributed by atoms with Crippen LogP contribution in [0.5, 0.6) is 0 Å². The van der Waals surface area contributed by atoms with Gasteiger partial charge in [-0.1, -0.05) is 18.3 Å². The van der Waals surface area contributed by atoms with Crippen LogP contribution in [-0.2, 0) is 11.2 Å². The zero-order chi connectivity index (χ0) is 13.7. The van der Waals surface area contributed by atoms with E-state index in [0.29, 0.717) is 12.1 Å². The summed E-state index contributed by atoms with van der Waals surface area (Å²) in [4.78, 5) is 0. The lowest BCUT2D eigenvalue weighted by atomic mass is 9.80. The van der Waals surface area contributed by atoms with Gasteiger partial charge in [-0.05, 0) is 45.6 Å². The van der Waals surface area contributed by atoms with E-state index in [2.05, 4.69) is 36.3 Å². The Bertz CT molecular complexity index is 377. The second kappa shape index (κ2) is 7.31. The lowest BCUT2D eigenvalue weighted by molar-refractivity contribution is -0.0240. The minimum atomic E-state index is 0.323. The van der Waals surface area contributed by atoms with Gasteiger partial charge in [0.2, 0.25) is 0 Å². The third kappa shape index (κ3) is 4.23. The molecule has 1 aromatic rings. The van der Waals surface area contributed by atoms with E-state index in [0.717, 1.165) is 36.9 Å². The molecular weight excluding hydrogens is 258 g/mol. The number of nitrogens with zero attached hydrogens (tertiary/aromatic N) is 2. The first-order valence-electron chi connectivity index (χ1n) is 7.40. The van der Waals surface area contributed by atoms with E-state index < -0.39 is 0 Å². The molecular formula is C14H25N3OS. The fourth-order valence-electron chi connectivity index (χ4n) is 2.43. The van der Waals surface area contributed by atoms with Crippen molar-refractivity contribution in [3.05, 3.63) is 10.0 Å². The van der Waals surface area contributed by atoms with E-state index in [9.17, 15) is 0 Å². The summed E-state index contributed by atoms with van der Waals surface area (Å²) in [6.45, 7) is 8.27. The SMILES string of the molecule is CCCNC(C)c1nnc(CC2CC(OCC)C2)s1. The van der Waals surface area contributed by atoms with Crippen molar-refractivity contribution in [3.63, 3.8) is 0 Å². The van der Waals surface area contributed by atoms with Gasteiger partial charge in [0, 0.05) is 13.0 Å². The Labute approximate surface area is 120 Å². The highest BCUT2D eigenvalue weighted by molar-refractivity contribution is 7.11.